The molecule has 0 atom stereocenters. The van der Waals surface area contributed by atoms with Gasteiger partial charge in [-0.3, -0.25) is 0 Å². The number of hydrogen-bond donors (Lipinski definition) is 0. The Labute approximate surface area is 86.1 Å². The fourth-order valence-electron chi connectivity index (χ4n) is 0.957. The molecule has 0 spiro atoms. The van der Waals surface area contributed by atoms with Crippen LogP contribution in [0.2, 0.25) is 19.1 Å². The van der Waals surface area contributed by atoms with E-state index >= 15 is 0 Å². The minimum Gasteiger partial charge on any atom is -0.417 e. The molecule has 12 heavy (non-hydrogen) atoms. The first-order valence-electron chi connectivity index (χ1n) is 4.68. The maximum atomic E-state index is 5.91. The molecule has 0 aromatic carbocycles. The molecule has 0 amide bonds. The Balaban J connectivity index is 3.56. The summed E-state index contributed by atoms with van der Waals surface area (Å²) in [6.45, 7) is 9.95. The second-order valence-corrected chi connectivity index (χ2v) is 9.36. The summed E-state index contributed by atoms with van der Waals surface area (Å²) in [6.07, 6.45) is 1.25. The zero-order valence-electron chi connectivity index (χ0n) is 8.69. The lowest BCUT2D eigenvalue weighted by atomic mass is 10.2. The van der Waals surface area contributed by atoms with Crippen LogP contribution in [0.3, 0.4) is 0 Å². The molecule has 0 saturated carbocycles. The fraction of sp³-hybridized carbons (Fsp3) is 1.00. The summed E-state index contributed by atoms with van der Waals surface area (Å²) in [4.78, 5) is 0. The highest BCUT2D eigenvalue weighted by Crippen LogP contribution is 2.15. The largest absolute Gasteiger partial charge is 0.417 e. The molecule has 3 heteroatoms. The quantitative estimate of drug-likeness (QED) is 0.518. The first-order chi connectivity index (χ1) is 5.48. The van der Waals surface area contributed by atoms with E-state index in [0.717, 1.165) is 11.9 Å². The summed E-state index contributed by atoms with van der Waals surface area (Å²) < 4.78 is 5.91. The molecule has 0 fully saturated rings. The van der Waals surface area contributed by atoms with Gasteiger partial charge in [-0.1, -0.05) is 29.8 Å². The number of alkyl halides is 1. The highest BCUT2D eigenvalue weighted by Gasteiger charge is 2.21. The summed E-state index contributed by atoms with van der Waals surface area (Å²) in [7, 11) is -1.32. The van der Waals surface area contributed by atoms with Crippen molar-refractivity contribution in [3.63, 3.8) is 0 Å². The minimum atomic E-state index is -1.32. The maximum absolute atomic E-state index is 5.91. The lowest BCUT2D eigenvalue weighted by Gasteiger charge is -2.23. The highest BCUT2D eigenvalue weighted by molar-refractivity contribution is 9.09. The molecule has 0 saturated heterocycles. The predicted octanol–water partition coefficient (Wildman–Crippen LogP) is 3.65. The molecular weight excluding hydrogens is 232 g/mol. The highest BCUT2D eigenvalue weighted by atomic mass is 79.9. The number of rotatable bonds is 6. The Morgan fingerprint density at radius 2 is 1.92 bits per heavy atom. The third-order valence-electron chi connectivity index (χ3n) is 1.72. The van der Waals surface area contributed by atoms with Crippen molar-refractivity contribution in [1.82, 2.24) is 0 Å². The Morgan fingerprint density at radius 1 is 1.33 bits per heavy atom. The van der Waals surface area contributed by atoms with Crippen molar-refractivity contribution in [2.24, 2.45) is 5.92 Å². The van der Waals surface area contributed by atoms with Gasteiger partial charge in [0.2, 0.25) is 0 Å². The Hall–Kier alpha value is 0.657. The summed E-state index contributed by atoms with van der Waals surface area (Å²) in [6, 6.07) is 1.27. The summed E-state index contributed by atoms with van der Waals surface area (Å²) in [5, 5.41) is 1.11. The van der Waals surface area contributed by atoms with Crippen molar-refractivity contribution < 1.29 is 4.43 Å². The van der Waals surface area contributed by atoms with Gasteiger partial charge in [0.25, 0.3) is 0 Å². The minimum absolute atomic E-state index is 0.667. The monoisotopic (exact) mass is 252 g/mol. The van der Waals surface area contributed by atoms with Crippen molar-refractivity contribution >= 4 is 24.2 Å². The van der Waals surface area contributed by atoms with Gasteiger partial charge in [-0.05, 0) is 31.5 Å². The molecule has 0 N–H and O–H groups in total. The molecule has 0 radical (unpaired) electrons. The topological polar surface area (TPSA) is 9.23 Å². The smallest absolute Gasteiger partial charge is 0.186 e. The van der Waals surface area contributed by atoms with Gasteiger partial charge in [0, 0.05) is 11.9 Å². The average Bonchev–Trinajstić information content (AvgIpc) is 1.98. The molecular formula is C9H21BrOSi. The van der Waals surface area contributed by atoms with Gasteiger partial charge in [-0.2, -0.15) is 0 Å². The first-order valence-corrected chi connectivity index (χ1v) is 8.91. The van der Waals surface area contributed by atoms with Gasteiger partial charge in [-0.25, -0.2) is 0 Å². The second kappa shape index (κ2) is 6.16. The molecule has 0 rings (SSSR count). The fourth-order valence-corrected chi connectivity index (χ4v) is 3.71. The van der Waals surface area contributed by atoms with Crippen LogP contribution in [-0.4, -0.2) is 20.3 Å². The zero-order chi connectivity index (χ0) is 9.61. The Bertz CT molecular complexity index is 115. The number of halogens is 1. The van der Waals surface area contributed by atoms with Gasteiger partial charge in [0.1, 0.15) is 0 Å². The standard InChI is InChI=1S/C9H21BrOSi/c1-9(2)8-11-12(3,4)7-5-6-10/h9H,5-8H2,1-4H3. The van der Waals surface area contributed by atoms with Gasteiger partial charge < -0.3 is 4.43 Å². The molecule has 0 unspecified atom stereocenters. The van der Waals surface area contributed by atoms with Gasteiger partial charge in [0.05, 0.1) is 0 Å². The zero-order valence-corrected chi connectivity index (χ0v) is 11.3. The van der Waals surface area contributed by atoms with Gasteiger partial charge in [0.15, 0.2) is 8.32 Å². The Kier molecular flexibility index (Phi) is 6.50. The summed E-state index contributed by atoms with van der Waals surface area (Å²) in [5.74, 6) is 0.667. The summed E-state index contributed by atoms with van der Waals surface area (Å²) in [5.41, 5.74) is 0. The number of hydrogen-bond acceptors (Lipinski definition) is 1. The van der Waals surface area contributed by atoms with E-state index in [4.69, 9.17) is 4.43 Å². The third-order valence-corrected chi connectivity index (χ3v) is 4.79. The lowest BCUT2D eigenvalue weighted by Crippen LogP contribution is -2.31. The molecule has 0 aliphatic rings. The van der Waals surface area contributed by atoms with Crippen LogP contribution < -0.4 is 0 Å². The van der Waals surface area contributed by atoms with E-state index in [1.807, 2.05) is 0 Å². The van der Waals surface area contributed by atoms with Gasteiger partial charge >= 0.3 is 0 Å². The lowest BCUT2D eigenvalue weighted by molar-refractivity contribution is 0.260. The van der Waals surface area contributed by atoms with Crippen LogP contribution in [0.5, 0.6) is 0 Å². The van der Waals surface area contributed by atoms with E-state index in [1.54, 1.807) is 0 Å². The molecule has 0 aromatic rings. The predicted molar refractivity (Wildman–Crippen MR) is 61.5 cm³/mol. The van der Waals surface area contributed by atoms with Crippen LogP contribution >= 0.6 is 15.9 Å². The molecule has 0 aliphatic carbocycles. The Morgan fingerprint density at radius 3 is 2.33 bits per heavy atom. The normalized spacial score (nSPS) is 12.5. The average molecular weight is 253 g/mol. The SMILES string of the molecule is CC(C)CO[Si](C)(C)CCCBr. The first kappa shape index (κ1) is 12.7. The molecule has 1 nitrogen and oxygen atoms in total. The van der Waals surface area contributed by atoms with Crippen molar-refractivity contribution in [2.45, 2.75) is 39.4 Å². The van der Waals surface area contributed by atoms with E-state index in [0.29, 0.717) is 5.92 Å². The van der Waals surface area contributed by atoms with Crippen LogP contribution in [0.25, 0.3) is 0 Å². The van der Waals surface area contributed by atoms with Crippen LogP contribution in [0, 0.1) is 5.92 Å². The van der Waals surface area contributed by atoms with Crippen LogP contribution in [0.4, 0.5) is 0 Å². The van der Waals surface area contributed by atoms with E-state index < -0.39 is 8.32 Å². The molecule has 74 valence electrons. The molecule has 0 aromatic heterocycles. The van der Waals surface area contributed by atoms with E-state index in [9.17, 15) is 0 Å². The second-order valence-electron chi connectivity index (χ2n) is 4.26. The molecule has 0 bridgehead atoms. The van der Waals surface area contributed by atoms with Crippen molar-refractivity contribution in [3.8, 4) is 0 Å². The van der Waals surface area contributed by atoms with Crippen LogP contribution in [-0.2, 0) is 4.43 Å². The van der Waals surface area contributed by atoms with Crippen LogP contribution in [0.15, 0.2) is 0 Å². The van der Waals surface area contributed by atoms with Crippen molar-refractivity contribution in [2.75, 3.05) is 11.9 Å². The van der Waals surface area contributed by atoms with Crippen molar-refractivity contribution in [1.29, 1.82) is 0 Å². The van der Waals surface area contributed by atoms with E-state index in [-0.39, 0.29) is 0 Å². The van der Waals surface area contributed by atoms with Crippen LogP contribution in [0.1, 0.15) is 20.3 Å². The van der Waals surface area contributed by atoms with E-state index in [2.05, 4.69) is 42.9 Å². The third kappa shape index (κ3) is 7.31. The summed E-state index contributed by atoms with van der Waals surface area (Å²) >= 11 is 3.45. The van der Waals surface area contributed by atoms with Crippen molar-refractivity contribution in [3.05, 3.63) is 0 Å². The van der Waals surface area contributed by atoms with Gasteiger partial charge in [-0.15, -0.1) is 0 Å². The molecule has 0 heterocycles. The maximum Gasteiger partial charge on any atom is 0.186 e. The van der Waals surface area contributed by atoms with E-state index in [1.165, 1.54) is 12.5 Å². The molecule has 0 aliphatic heterocycles.